The maximum Gasteiger partial charge on any atom is 0.0580 e. The molecule has 0 saturated heterocycles. The molecule has 1 aromatic heterocycles. The second kappa shape index (κ2) is 7.66. The molecule has 0 aromatic carbocycles. The van der Waals surface area contributed by atoms with Gasteiger partial charge in [-0.1, -0.05) is 18.9 Å². The summed E-state index contributed by atoms with van der Waals surface area (Å²) in [6, 6.07) is 2.09. The molecule has 2 heteroatoms. The minimum absolute atomic E-state index is 0.164. The average molecular weight is 224 g/mol. The second-order valence-corrected chi connectivity index (χ2v) is 4.70. The van der Waals surface area contributed by atoms with E-state index in [1.54, 1.807) is 11.3 Å². The van der Waals surface area contributed by atoms with Crippen molar-refractivity contribution in [1.82, 2.24) is 0 Å². The van der Waals surface area contributed by atoms with Crippen LogP contribution in [0.25, 0.3) is 0 Å². The molecule has 1 nitrogen and oxygen atoms in total. The predicted molar refractivity (Wildman–Crippen MR) is 67.3 cm³/mol. The van der Waals surface area contributed by atoms with Gasteiger partial charge >= 0.3 is 0 Å². The average Bonchev–Trinajstić information content (AvgIpc) is 2.70. The Hall–Kier alpha value is -0.600. The predicted octanol–water partition coefficient (Wildman–Crippen LogP) is 3.79. The molecule has 0 fully saturated rings. The Bertz CT molecular complexity index is 254. The molecule has 0 saturated carbocycles. The monoisotopic (exact) mass is 224 g/mol. The first-order valence-corrected chi connectivity index (χ1v) is 6.57. The van der Waals surface area contributed by atoms with Gasteiger partial charge in [-0.25, -0.2) is 0 Å². The quantitative estimate of drug-likeness (QED) is 0.526. The first-order valence-electron chi connectivity index (χ1n) is 5.63. The molecule has 1 heterocycles. The highest BCUT2D eigenvalue weighted by atomic mass is 32.1. The van der Waals surface area contributed by atoms with Crippen molar-refractivity contribution in [3.63, 3.8) is 0 Å². The van der Waals surface area contributed by atoms with Gasteiger partial charge in [-0.05, 0) is 48.1 Å². The van der Waals surface area contributed by atoms with Crippen LogP contribution in [-0.4, -0.2) is 11.2 Å². The summed E-state index contributed by atoms with van der Waals surface area (Å²) in [5, 5.41) is 13.9. The zero-order valence-electron chi connectivity index (χ0n) is 9.19. The van der Waals surface area contributed by atoms with Gasteiger partial charge in [0.05, 0.1) is 6.10 Å². The van der Waals surface area contributed by atoms with Crippen molar-refractivity contribution < 1.29 is 5.11 Å². The van der Waals surface area contributed by atoms with E-state index in [4.69, 9.17) is 0 Å². The van der Waals surface area contributed by atoms with Gasteiger partial charge in [-0.3, -0.25) is 0 Å². The van der Waals surface area contributed by atoms with Crippen LogP contribution in [0.15, 0.2) is 29.5 Å². The summed E-state index contributed by atoms with van der Waals surface area (Å²) in [7, 11) is 0. The van der Waals surface area contributed by atoms with Crippen LogP contribution >= 0.6 is 11.3 Å². The summed E-state index contributed by atoms with van der Waals surface area (Å²) in [4.78, 5) is 0. The van der Waals surface area contributed by atoms with E-state index in [2.05, 4.69) is 23.4 Å². The number of aliphatic hydroxyl groups excluding tert-OH is 1. The van der Waals surface area contributed by atoms with E-state index in [0.29, 0.717) is 0 Å². The van der Waals surface area contributed by atoms with Crippen LogP contribution < -0.4 is 0 Å². The van der Waals surface area contributed by atoms with E-state index in [0.717, 1.165) is 25.7 Å². The lowest BCUT2D eigenvalue weighted by atomic mass is 10.0. The van der Waals surface area contributed by atoms with Crippen LogP contribution in [0.2, 0.25) is 0 Å². The van der Waals surface area contributed by atoms with Crippen molar-refractivity contribution >= 4 is 11.3 Å². The van der Waals surface area contributed by atoms with Crippen LogP contribution in [0.3, 0.4) is 0 Å². The van der Waals surface area contributed by atoms with Crippen LogP contribution in [0.5, 0.6) is 0 Å². The maximum absolute atomic E-state index is 9.76. The molecule has 0 aliphatic heterocycles. The van der Waals surface area contributed by atoms with E-state index in [-0.39, 0.29) is 6.10 Å². The van der Waals surface area contributed by atoms with Gasteiger partial charge < -0.3 is 5.11 Å². The Morgan fingerprint density at radius 3 is 2.93 bits per heavy atom. The third-order valence-corrected chi connectivity index (χ3v) is 3.23. The topological polar surface area (TPSA) is 20.2 Å². The molecule has 0 radical (unpaired) electrons. The van der Waals surface area contributed by atoms with Crippen LogP contribution in [0.4, 0.5) is 0 Å². The summed E-state index contributed by atoms with van der Waals surface area (Å²) in [6.07, 6.45) is 8.16. The fourth-order valence-electron chi connectivity index (χ4n) is 1.63. The van der Waals surface area contributed by atoms with Gasteiger partial charge in [-0.15, -0.1) is 6.58 Å². The Labute approximate surface area is 96.5 Å². The number of thiophene rings is 1. The fraction of sp³-hybridized carbons (Fsp3) is 0.538. The van der Waals surface area contributed by atoms with Crippen molar-refractivity contribution in [3.05, 3.63) is 35.0 Å². The minimum atomic E-state index is -0.164. The lowest BCUT2D eigenvalue weighted by Crippen LogP contribution is -2.09. The summed E-state index contributed by atoms with van der Waals surface area (Å²) in [5.74, 6) is 0. The van der Waals surface area contributed by atoms with Crippen molar-refractivity contribution in [3.8, 4) is 0 Å². The zero-order valence-corrected chi connectivity index (χ0v) is 10.0. The third-order valence-electron chi connectivity index (χ3n) is 2.50. The largest absolute Gasteiger partial charge is 0.393 e. The maximum atomic E-state index is 9.76. The smallest absolute Gasteiger partial charge is 0.0580 e. The first-order chi connectivity index (χ1) is 7.33. The fourth-order valence-corrected chi connectivity index (χ4v) is 2.31. The van der Waals surface area contributed by atoms with Crippen molar-refractivity contribution in [2.75, 3.05) is 0 Å². The van der Waals surface area contributed by atoms with Gasteiger partial charge in [0.2, 0.25) is 0 Å². The lowest BCUT2D eigenvalue weighted by molar-refractivity contribution is 0.161. The number of hydrogen-bond acceptors (Lipinski definition) is 2. The molecule has 1 atom stereocenters. The Kier molecular flexibility index (Phi) is 6.37. The normalized spacial score (nSPS) is 12.6. The molecule has 1 aromatic rings. The Morgan fingerprint density at radius 1 is 1.40 bits per heavy atom. The lowest BCUT2D eigenvalue weighted by Gasteiger charge is -2.08. The number of aliphatic hydroxyl groups is 1. The van der Waals surface area contributed by atoms with Gasteiger partial charge in [-0.2, -0.15) is 11.3 Å². The number of hydrogen-bond donors (Lipinski definition) is 1. The van der Waals surface area contributed by atoms with E-state index >= 15 is 0 Å². The van der Waals surface area contributed by atoms with Gasteiger partial charge in [0.1, 0.15) is 0 Å². The highest BCUT2D eigenvalue weighted by Gasteiger charge is 2.05. The molecule has 0 aliphatic rings. The van der Waals surface area contributed by atoms with E-state index in [1.807, 2.05) is 6.08 Å². The number of rotatable bonds is 8. The molecule has 1 N–H and O–H groups in total. The number of unbranched alkanes of at least 4 members (excludes halogenated alkanes) is 3. The molecular formula is C13H20OS. The SMILES string of the molecule is C=CCCCCCC(O)Cc1ccsc1. The molecule has 1 unspecified atom stereocenters. The molecule has 0 bridgehead atoms. The van der Waals surface area contributed by atoms with Gasteiger partial charge in [0, 0.05) is 0 Å². The summed E-state index contributed by atoms with van der Waals surface area (Å²) < 4.78 is 0. The summed E-state index contributed by atoms with van der Waals surface area (Å²) >= 11 is 1.69. The van der Waals surface area contributed by atoms with E-state index in [1.165, 1.54) is 18.4 Å². The molecule has 0 amide bonds. The minimum Gasteiger partial charge on any atom is -0.393 e. The summed E-state index contributed by atoms with van der Waals surface area (Å²) in [5.41, 5.74) is 1.26. The number of allylic oxidation sites excluding steroid dienone is 1. The van der Waals surface area contributed by atoms with Crippen LogP contribution in [0.1, 0.15) is 37.7 Å². The highest BCUT2D eigenvalue weighted by Crippen LogP contribution is 2.13. The van der Waals surface area contributed by atoms with Crippen molar-refractivity contribution in [1.29, 1.82) is 0 Å². The third kappa shape index (κ3) is 5.75. The zero-order chi connectivity index (χ0) is 10.9. The van der Waals surface area contributed by atoms with Crippen LogP contribution in [0, 0.1) is 0 Å². The summed E-state index contributed by atoms with van der Waals surface area (Å²) in [6.45, 7) is 3.70. The molecule has 0 aliphatic carbocycles. The van der Waals surface area contributed by atoms with Gasteiger partial charge in [0.15, 0.2) is 0 Å². The van der Waals surface area contributed by atoms with Gasteiger partial charge in [0.25, 0.3) is 0 Å². The molecule has 84 valence electrons. The standard InChI is InChI=1S/C13H20OS/c1-2-3-4-5-6-7-13(14)10-12-8-9-15-11-12/h2,8-9,11,13-14H,1,3-7,10H2. The molecular weight excluding hydrogens is 204 g/mol. The van der Waals surface area contributed by atoms with Crippen LogP contribution in [-0.2, 0) is 6.42 Å². The first kappa shape index (κ1) is 12.5. The molecule has 15 heavy (non-hydrogen) atoms. The molecule has 0 spiro atoms. The van der Waals surface area contributed by atoms with E-state index < -0.39 is 0 Å². The van der Waals surface area contributed by atoms with Crippen molar-refractivity contribution in [2.24, 2.45) is 0 Å². The Morgan fingerprint density at radius 2 is 2.27 bits per heavy atom. The highest BCUT2D eigenvalue weighted by molar-refractivity contribution is 7.07. The Balaban J connectivity index is 2.03. The molecule has 1 rings (SSSR count). The van der Waals surface area contributed by atoms with Crippen molar-refractivity contribution in [2.45, 2.75) is 44.6 Å². The van der Waals surface area contributed by atoms with E-state index in [9.17, 15) is 5.11 Å². The second-order valence-electron chi connectivity index (χ2n) is 3.92.